The van der Waals surface area contributed by atoms with Crippen LogP contribution in [0.5, 0.6) is 0 Å². The zero-order chi connectivity index (χ0) is 27.8. The van der Waals surface area contributed by atoms with Gasteiger partial charge in [0.1, 0.15) is 0 Å². The normalized spacial score (nSPS) is 12.2. The number of carboxylic acid groups (broad SMARTS) is 1. The number of benzene rings is 4. The molecule has 0 saturated carbocycles. The number of nitrogens with one attached hydrogen (secondary N) is 1. The van der Waals surface area contributed by atoms with E-state index in [1.165, 1.54) is 4.91 Å². The molecule has 1 aliphatic heterocycles. The summed E-state index contributed by atoms with van der Waals surface area (Å²) in [6.45, 7) is 3.66. The van der Waals surface area contributed by atoms with E-state index >= 15 is 0 Å². The van der Waals surface area contributed by atoms with Gasteiger partial charge < -0.3 is 15.3 Å². The topological polar surface area (TPSA) is 86.7 Å². The number of para-hydroxylation sites is 1. The van der Waals surface area contributed by atoms with Crippen LogP contribution >= 0.6 is 11.8 Å². The lowest BCUT2D eigenvalue weighted by molar-refractivity contribution is -0.134. The molecule has 1 aliphatic rings. The van der Waals surface area contributed by atoms with Crippen molar-refractivity contribution in [2.24, 2.45) is 0 Å². The Morgan fingerprint density at radius 2 is 1.44 bits per heavy atom. The molecule has 4 aromatic carbocycles. The summed E-state index contributed by atoms with van der Waals surface area (Å²) in [6, 6.07) is 32.4. The van der Waals surface area contributed by atoms with Crippen LogP contribution in [0.1, 0.15) is 34.6 Å². The Morgan fingerprint density at radius 3 is 2.15 bits per heavy atom. The van der Waals surface area contributed by atoms with E-state index in [0.717, 1.165) is 28.6 Å². The van der Waals surface area contributed by atoms with E-state index in [1.54, 1.807) is 40.9 Å². The summed E-state index contributed by atoms with van der Waals surface area (Å²) in [6.07, 6.45) is 2.07. The molecule has 196 valence electrons. The average Bonchev–Trinajstić information content (AvgIpc) is 3.11. The highest BCUT2D eigenvalue weighted by Gasteiger charge is 2.22. The molecule has 5 rings (SSSR count). The minimum Gasteiger partial charge on any atom is -0.481 e. The highest BCUT2D eigenvalue weighted by molar-refractivity contribution is 8.03. The molecule has 0 aliphatic carbocycles. The van der Waals surface area contributed by atoms with Crippen LogP contribution in [0.15, 0.2) is 119 Å². The van der Waals surface area contributed by atoms with Crippen LogP contribution in [-0.2, 0) is 4.79 Å². The van der Waals surface area contributed by atoms with Gasteiger partial charge in [-0.2, -0.15) is 0 Å². The molecule has 39 heavy (non-hydrogen) atoms. The van der Waals surface area contributed by atoms with Crippen molar-refractivity contribution in [1.82, 2.24) is 0 Å². The lowest BCUT2D eigenvalue weighted by Crippen LogP contribution is -2.31. The first kappa shape index (κ1) is 27.4. The highest BCUT2D eigenvalue weighted by atomic mass is 32.2. The molecule has 0 bridgehead atoms. The molecule has 1 heterocycles. The van der Waals surface area contributed by atoms with Gasteiger partial charge in [0.2, 0.25) is 0 Å². The number of thioether (sulfide) groups is 1. The summed E-state index contributed by atoms with van der Waals surface area (Å²) in [5, 5.41) is 10.4. The highest BCUT2D eigenvalue weighted by Crippen LogP contribution is 2.37. The monoisotopic (exact) mass is 536 g/mol. The van der Waals surface area contributed by atoms with Crippen LogP contribution in [0.25, 0.3) is 11.1 Å². The Balaban J connectivity index is 0.000000826. The second kappa shape index (κ2) is 12.8. The minimum atomic E-state index is -0.833. The zero-order valence-electron chi connectivity index (χ0n) is 21.6. The molecule has 0 aromatic heterocycles. The number of carbonyl (C=O) groups is 3. The van der Waals surface area contributed by atoms with Crippen molar-refractivity contribution >= 4 is 40.9 Å². The van der Waals surface area contributed by atoms with Crippen LogP contribution in [0.3, 0.4) is 0 Å². The first-order chi connectivity index (χ1) is 18.8. The molecule has 4 aromatic rings. The summed E-state index contributed by atoms with van der Waals surface area (Å²) in [4.78, 5) is 39.5. The van der Waals surface area contributed by atoms with Crippen molar-refractivity contribution in [3.05, 3.63) is 125 Å². The van der Waals surface area contributed by atoms with Gasteiger partial charge in [-0.15, -0.1) is 0 Å². The molecule has 0 saturated heterocycles. The second-order valence-corrected chi connectivity index (χ2v) is 10.1. The first-order valence-corrected chi connectivity index (χ1v) is 13.2. The van der Waals surface area contributed by atoms with Gasteiger partial charge in [0.05, 0.1) is 5.69 Å². The van der Waals surface area contributed by atoms with E-state index in [0.29, 0.717) is 23.4 Å². The Kier molecular flexibility index (Phi) is 8.97. The van der Waals surface area contributed by atoms with Crippen molar-refractivity contribution in [2.75, 3.05) is 16.8 Å². The van der Waals surface area contributed by atoms with Crippen LogP contribution in [0, 0.1) is 0 Å². The third-order valence-electron chi connectivity index (χ3n) is 5.88. The fraction of sp³-hybridized carbons (Fsp3) is 0.0938. The van der Waals surface area contributed by atoms with E-state index in [-0.39, 0.29) is 11.8 Å². The number of allylic oxidation sites excluding steroid dienone is 1. The molecule has 7 heteroatoms. The van der Waals surface area contributed by atoms with E-state index < -0.39 is 5.97 Å². The van der Waals surface area contributed by atoms with Crippen LogP contribution in [0.4, 0.5) is 11.4 Å². The number of hydrogen-bond acceptors (Lipinski definition) is 4. The third kappa shape index (κ3) is 7.03. The van der Waals surface area contributed by atoms with Crippen molar-refractivity contribution < 1.29 is 19.5 Å². The molecule has 0 fully saturated rings. The fourth-order valence-corrected chi connectivity index (χ4v) is 5.03. The van der Waals surface area contributed by atoms with E-state index in [1.807, 2.05) is 78.9 Å². The molecular formula is C32H28N2O4S. The maximum absolute atomic E-state index is 13.4. The number of carboxylic acids is 1. The van der Waals surface area contributed by atoms with Gasteiger partial charge in [-0.25, -0.2) is 0 Å². The summed E-state index contributed by atoms with van der Waals surface area (Å²) < 4.78 is 0. The smallest absolute Gasteiger partial charge is 0.300 e. The van der Waals surface area contributed by atoms with Crippen LogP contribution in [-0.4, -0.2) is 29.4 Å². The summed E-state index contributed by atoms with van der Waals surface area (Å²) >= 11 is 1.68. The number of amides is 2. The molecular weight excluding hydrogens is 508 g/mol. The largest absolute Gasteiger partial charge is 0.481 e. The van der Waals surface area contributed by atoms with Crippen molar-refractivity contribution in [3.63, 3.8) is 0 Å². The Morgan fingerprint density at radius 1 is 0.821 bits per heavy atom. The van der Waals surface area contributed by atoms with E-state index in [2.05, 4.69) is 18.3 Å². The molecule has 6 nitrogen and oxygen atoms in total. The maximum atomic E-state index is 13.4. The van der Waals surface area contributed by atoms with Crippen molar-refractivity contribution in [1.29, 1.82) is 0 Å². The molecule has 2 N–H and O–H groups in total. The fourth-order valence-electron chi connectivity index (χ4n) is 4.09. The number of fused-ring (bicyclic) bond motifs is 1. The number of carbonyl (C=O) groups excluding carboxylic acids is 2. The predicted molar refractivity (Wildman–Crippen MR) is 157 cm³/mol. The lowest BCUT2D eigenvalue weighted by Gasteiger charge is -2.22. The first-order valence-electron chi connectivity index (χ1n) is 12.3. The van der Waals surface area contributed by atoms with Gasteiger partial charge in [-0.05, 0) is 65.4 Å². The molecule has 0 spiro atoms. The van der Waals surface area contributed by atoms with Gasteiger partial charge in [0.25, 0.3) is 17.8 Å². The van der Waals surface area contributed by atoms with E-state index in [4.69, 9.17) is 9.90 Å². The molecule has 0 atom stereocenters. The second-order valence-electron chi connectivity index (χ2n) is 8.76. The summed E-state index contributed by atoms with van der Waals surface area (Å²) in [5.74, 6) is -1.10. The standard InChI is InChI=1S/C30H24N2O2S.C2H4O2/c1-21-19-20-32(27-13-7-8-14-28(27)35-21)30(34)23-15-17-24(18-16-23)31-29(33)26-12-6-5-11-25(26)22-9-3-2-4-10-22;1-2(3)4/h2-19H,20H2,1H3,(H,31,33);1H3,(H,3,4). The van der Waals surface area contributed by atoms with Crippen molar-refractivity contribution in [2.45, 2.75) is 18.7 Å². The van der Waals surface area contributed by atoms with Crippen molar-refractivity contribution in [3.8, 4) is 11.1 Å². The molecule has 2 amide bonds. The third-order valence-corrected chi connectivity index (χ3v) is 6.93. The van der Waals surface area contributed by atoms with Gasteiger partial charge >= 0.3 is 0 Å². The zero-order valence-corrected chi connectivity index (χ0v) is 22.4. The van der Waals surface area contributed by atoms with Crippen LogP contribution in [0.2, 0.25) is 0 Å². The number of anilines is 2. The Bertz CT molecular complexity index is 1510. The number of nitrogens with zero attached hydrogens (tertiary/aromatic N) is 1. The minimum absolute atomic E-state index is 0.0729. The predicted octanol–water partition coefficient (Wildman–Crippen LogP) is 7.35. The van der Waals surface area contributed by atoms with Gasteiger partial charge in [0.15, 0.2) is 0 Å². The number of aliphatic carboxylic acids is 1. The molecule has 0 unspecified atom stereocenters. The lowest BCUT2D eigenvalue weighted by atomic mass is 9.99. The average molecular weight is 537 g/mol. The van der Waals surface area contributed by atoms with E-state index in [9.17, 15) is 9.59 Å². The summed E-state index contributed by atoms with van der Waals surface area (Å²) in [5.41, 5.74) is 4.57. The summed E-state index contributed by atoms with van der Waals surface area (Å²) in [7, 11) is 0. The van der Waals surface area contributed by atoms with Gasteiger partial charge in [0, 0.05) is 35.2 Å². The van der Waals surface area contributed by atoms with Crippen LogP contribution < -0.4 is 10.2 Å². The van der Waals surface area contributed by atoms with Gasteiger partial charge in [-0.1, -0.05) is 78.5 Å². The Hall–Kier alpha value is -4.62. The molecule has 0 radical (unpaired) electrons. The number of rotatable bonds is 4. The number of hydrogen-bond donors (Lipinski definition) is 2. The quantitative estimate of drug-likeness (QED) is 0.285. The maximum Gasteiger partial charge on any atom is 0.300 e. The Labute approximate surface area is 232 Å². The SMILES string of the molecule is CC(=O)O.CC1=CCN(C(=O)c2ccc(NC(=O)c3ccccc3-c3ccccc3)cc2)c2ccccc2S1. The van der Waals surface area contributed by atoms with Gasteiger partial charge in [-0.3, -0.25) is 14.4 Å².